The lowest BCUT2D eigenvalue weighted by atomic mass is 10.0. The third-order valence-corrected chi connectivity index (χ3v) is 5.39. The van der Waals surface area contributed by atoms with Crippen molar-refractivity contribution in [2.45, 2.75) is 43.1 Å². The van der Waals surface area contributed by atoms with Gasteiger partial charge in [0.2, 0.25) is 10.0 Å². The van der Waals surface area contributed by atoms with E-state index in [9.17, 15) is 13.5 Å². The van der Waals surface area contributed by atoms with Crippen LogP contribution in [0.3, 0.4) is 0 Å². The van der Waals surface area contributed by atoms with Crippen LogP contribution in [0.25, 0.3) is 0 Å². The molecule has 6 heteroatoms. The number of hydrogen-bond acceptors (Lipinski definition) is 3. The molecule has 1 aliphatic carbocycles. The number of aryl methyl sites for hydroxylation is 1. The summed E-state index contributed by atoms with van der Waals surface area (Å²) in [6.45, 7) is 1.89. The molecule has 2 rings (SSSR count). The van der Waals surface area contributed by atoms with Crippen LogP contribution in [0.15, 0.2) is 23.1 Å². The highest BCUT2D eigenvalue weighted by atomic mass is 35.5. The maximum atomic E-state index is 12.2. The Kier molecular flexibility index (Phi) is 4.20. The molecular weight excluding hydrogens is 286 g/mol. The van der Waals surface area contributed by atoms with Crippen molar-refractivity contribution in [2.75, 3.05) is 6.54 Å². The molecule has 0 radical (unpaired) electrons. The van der Waals surface area contributed by atoms with Crippen molar-refractivity contribution in [1.82, 2.24) is 4.72 Å². The van der Waals surface area contributed by atoms with E-state index in [0.29, 0.717) is 12.8 Å². The van der Waals surface area contributed by atoms with Crippen molar-refractivity contribution < 1.29 is 13.5 Å². The van der Waals surface area contributed by atoms with Crippen LogP contribution in [0.4, 0.5) is 0 Å². The molecule has 2 N–H and O–H groups in total. The van der Waals surface area contributed by atoms with Gasteiger partial charge in [-0.15, -0.1) is 0 Å². The van der Waals surface area contributed by atoms with E-state index in [1.807, 2.05) is 6.92 Å². The van der Waals surface area contributed by atoms with E-state index >= 15 is 0 Å². The minimum Gasteiger partial charge on any atom is -0.389 e. The van der Waals surface area contributed by atoms with E-state index in [2.05, 4.69) is 4.72 Å². The molecule has 1 aliphatic rings. The predicted octanol–water partition coefficient (Wildman–Crippen LogP) is 2.23. The molecule has 0 amide bonds. The van der Waals surface area contributed by atoms with E-state index in [4.69, 9.17) is 11.6 Å². The number of sulfonamides is 1. The fourth-order valence-electron chi connectivity index (χ4n) is 2.34. The summed E-state index contributed by atoms with van der Waals surface area (Å²) in [4.78, 5) is 0.0568. The van der Waals surface area contributed by atoms with Crippen LogP contribution in [0.1, 0.15) is 31.2 Å². The first kappa shape index (κ1) is 14.8. The van der Waals surface area contributed by atoms with Crippen molar-refractivity contribution >= 4 is 21.6 Å². The van der Waals surface area contributed by atoms with Gasteiger partial charge in [-0.1, -0.05) is 30.5 Å². The minimum absolute atomic E-state index is 0.0412. The third-order valence-electron chi connectivity index (χ3n) is 3.50. The average Bonchev–Trinajstić information content (AvgIpc) is 2.74. The van der Waals surface area contributed by atoms with Crippen LogP contribution >= 0.6 is 11.6 Å². The number of hydrogen-bond donors (Lipinski definition) is 2. The van der Waals surface area contributed by atoms with Gasteiger partial charge < -0.3 is 5.11 Å². The Morgan fingerprint density at radius 2 is 2.00 bits per heavy atom. The van der Waals surface area contributed by atoms with E-state index in [1.54, 1.807) is 12.1 Å². The van der Waals surface area contributed by atoms with Gasteiger partial charge in [0.15, 0.2) is 0 Å². The highest BCUT2D eigenvalue weighted by molar-refractivity contribution is 7.89. The summed E-state index contributed by atoms with van der Waals surface area (Å²) >= 11 is 5.96. The summed E-state index contributed by atoms with van der Waals surface area (Å²) in [6, 6.07) is 4.80. The minimum atomic E-state index is -3.68. The number of aliphatic hydroxyl groups is 1. The van der Waals surface area contributed by atoms with Crippen molar-refractivity contribution in [3.63, 3.8) is 0 Å². The highest BCUT2D eigenvalue weighted by Gasteiger charge is 2.32. The number of nitrogens with one attached hydrogen (secondary N) is 1. The summed E-state index contributed by atoms with van der Waals surface area (Å²) < 4.78 is 26.8. The number of benzene rings is 1. The van der Waals surface area contributed by atoms with Gasteiger partial charge in [-0.2, -0.15) is 0 Å². The van der Waals surface area contributed by atoms with Crippen LogP contribution in [0.5, 0.6) is 0 Å². The molecular formula is C13H18ClNO3S. The second kappa shape index (κ2) is 5.40. The Morgan fingerprint density at radius 1 is 1.37 bits per heavy atom. The second-order valence-corrected chi connectivity index (χ2v) is 7.33. The zero-order chi connectivity index (χ0) is 14.1. The molecule has 1 fully saturated rings. The first-order valence-corrected chi connectivity index (χ1v) is 8.17. The predicted molar refractivity (Wildman–Crippen MR) is 74.8 cm³/mol. The standard InChI is InChI=1S/C13H18ClNO3S/c1-10-4-5-12(11(14)8-10)19(17,18)15-9-13(16)6-2-3-7-13/h4-5,8,15-16H,2-3,6-7,9H2,1H3. The largest absolute Gasteiger partial charge is 0.389 e. The summed E-state index contributed by atoms with van der Waals surface area (Å²) in [5.41, 5.74) is -0.0112. The molecule has 0 saturated heterocycles. The molecule has 1 saturated carbocycles. The Balaban J connectivity index is 2.14. The summed E-state index contributed by atoms with van der Waals surface area (Å²) in [7, 11) is -3.68. The van der Waals surface area contributed by atoms with Gasteiger partial charge in [0.1, 0.15) is 4.90 Å². The number of rotatable bonds is 4. The molecule has 106 valence electrons. The lowest BCUT2D eigenvalue weighted by molar-refractivity contribution is 0.0532. The van der Waals surface area contributed by atoms with E-state index in [1.165, 1.54) is 6.07 Å². The van der Waals surface area contributed by atoms with Gasteiger partial charge in [-0.3, -0.25) is 0 Å². The van der Waals surface area contributed by atoms with E-state index < -0.39 is 15.6 Å². The maximum Gasteiger partial charge on any atom is 0.242 e. The topological polar surface area (TPSA) is 66.4 Å². The lowest BCUT2D eigenvalue weighted by Gasteiger charge is -2.22. The molecule has 1 aromatic rings. The molecule has 0 spiro atoms. The summed E-state index contributed by atoms with van der Waals surface area (Å²) in [5, 5.41) is 10.4. The molecule has 0 aliphatic heterocycles. The Labute approximate surface area is 118 Å². The van der Waals surface area contributed by atoms with Crippen molar-refractivity contribution in [3.8, 4) is 0 Å². The van der Waals surface area contributed by atoms with Gasteiger partial charge in [-0.05, 0) is 37.5 Å². The molecule has 1 aromatic carbocycles. The average molecular weight is 304 g/mol. The van der Waals surface area contributed by atoms with Crippen molar-refractivity contribution in [3.05, 3.63) is 28.8 Å². The molecule has 4 nitrogen and oxygen atoms in total. The smallest absolute Gasteiger partial charge is 0.242 e. The fraction of sp³-hybridized carbons (Fsp3) is 0.538. The van der Waals surface area contributed by atoms with Gasteiger partial charge in [0, 0.05) is 6.54 Å². The highest BCUT2D eigenvalue weighted by Crippen LogP contribution is 2.29. The summed E-state index contributed by atoms with van der Waals surface area (Å²) in [6.07, 6.45) is 3.14. The zero-order valence-corrected chi connectivity index (χ0v) is 12.4. The second-order valence-electron chi connectivity index (χ2n) is 5.19. The van der Waals surface area contributed by atoms with Gasteiger partial charge in [-0.25, -0.2) is 13.1 Å². The first-order chi connectivity index (χ1) is 8.82. The molecule has 0 heterocycles. The molecule has 19 heavy (non-hydrogen) atoms. The molecule has 0 aromatic heterocycles. The zero-order valence-electron chi connectivity index (χ0n) is 10.8. The van der Waals surface area contributed by atoms with Crippen LogP contribution < -0.4 is 4.72 Å². The van der Waals surface area contributed by atoms with Crippen molar-refractivity contribution in [1.29, 1.82) is 0 Å². The molecule has 0 atom stereocenters. The number of halogens is 1. The normalized spacial score (nSPS) is 18.7. The van der Waals surface area contributed by atoms with E-state index in [0.717, 1.165) is 18.4 Å². The van der Waals surface area contributed by atoms with Crippen LogP contribution in [0.2, 0.25) is 5.02 Å². The van der Waals surface area contributed by atoms with Crippen molar-refractivity contribution in [2.24, 2.45) is 0 Å². The monoisotopic (exact) mass is 303 g/mol. The molecule has 0 unspecified atom stereocenters. The fourth-order valence-corrected chi connectivity index (χ4v) is 4.06. The Bertz CT molecular complexity index is 565. The Morgan fingerprint density at radius 3 is 2.58 bits per heavy atom. The lowest BCUT2D eigenvalue weighted by Crippen LogP contribution is -2.40. The third kappa shape index (κ3) is 3.48. The SMILES string of the molecule is Cc1ccc(S(=O)(=O)NCC2(O)CCCC2)c(Cl)c1. The maximum absolute atomic E-state index is 12.2. The van der Waals surface area contributed by atoms with Gasteiger partial charge in [0.25, 0.3) is 0 Å². The Hall–Kier alpha value is -0.620. The van der Waals surface area contributed by atoms with E-state index in [-0.39, 0.29) is 16.5 Å². The van der Waals surface area contributed by atoms with Crippen LogP contribution in [-0.2, 0) is 10.0 Å². The molecule has 0 bridgehead atoms. The van der Waals surface area contributed by atoms with Crippen LogP contribution in [0, 0.1) is 6.92 Å². The first-order valence-electron chi connectivity index (χ1n) is 6.31. The van der Waals surface area contributed by atoms with Gasteiger partial charge in [0.05, 0.1) is 10.6 Å². The quantitative estimate of drug-likeness (QED) is 0.896. The summed E-state index contributed by atoms with van der Waals surface area (Å²) in [5.74, 6) is 0. The van der Waals surface area contributed by atoms with Crippen LogP contribution in [-0.4, -0.2) is 25.7 Å². The van der Waals surface area contributed by atoms with Gasteiger partial charge >= 0.3 is 0 Å².